The molecule has 1 aliphatic heterocycles. The van der Waals surface area contributed by atoms with Crippen molar-refractivity contribution in [2.24, 2.45) is 5.10 Å². The fraction of sp³-hybridized carbons (Fsp3) is 0.364. The van der Waals surface area contributed by atoms with Crippen molar-refractivity contribution in [3.05, 3.63) is 46.0 Å². The van der Waals surface area contributed by atoms with Crippen LogP contribution in [-0.2, 0) is 6.54 Å². The Morgan fingerprint density at radius 1 is 1.50 bits per heavy atom. The molecule has 0 saturated carbocycles. The molecule has 0 bridgehead atoms. The molecule has 96 valence electrons. The fourth-order valence-electron chi connectivity index (χ4n) is 2.00. The Kier molecular flexibility index (Phi) is 3.73. The third-order valence-electron chi connectivity index (χ3n) is 2.79. The van der Waals surface area contributed by atoms with Crippen LogP contribution in [-0.4, -0.2) is 36.3 Å². The zero-order valence-corrected chi connectivity index (χ0v) is 10.2. The van der Waals surface area contributed by atoms with E-state index in [-0.39, 0.29) is 0 Å². The summed E-state index contributed by atoms with van der Waals surface area (Å²) >= 11 is 0. The number of rotatable bonds is 3. The van der Waals surface area contributed by atoms with E-state index in [1.54, 1.807) is 11.9 Å². The first-order valence-corrected chi connectivity index (χ1v) is 5.70. The summed E-state index contributed by atoms with van der Waals surface area (Å²) < 4.78 is 0. The molecule has 1 aromatic carbocycles. The second kappa shape index (κ2) is 5.46. The highest BCUT2D eigenvalue weighted by atomic mass is 16.7. The van der Waals surface area contributed by atoms with Crippen molar-refractivity contribution in [3.8, 4) is 0 Å². The number of hydrazone groups is 1. The molecule has 0 aliphatic carbocycles. The van der Waals surface area contributed by atoms with Gasteiger partial charge in [0.2, 0.25) is 0 Å². The zero-order valence-electron chi connectivity index (χ0n) is 10.2. The lowest BCUT2D eigenvalue weighted by atomic mass is 10.2. The third-order valence-corrected chi connectivity index (χ3v) is 2.79. The van der Waals surface area contributed by atoms with Crippen molar-refractivity contribution in [3.63, 3.8) is 0 Å². The number of nitro groups is 1. The number of guanidine groups is 1. The smallest absolute Gasteiger partial charge is 0.279 e. The van der Waals surface area contributed by atoms with Gasteiger partial charge in [0.1, 0.15) is 11.6 Å². The van der Waals surface area contributed by atoms with Crippen LogP contribution in [0.1, 0.15) is 5.56 Å². The van der Waals surface area contributed by atoms with Gasteiger partial charge in [-0.1, -0.05) is 30.3 Å². The largest absolute Gasteiger partial charge is 0.304 e. The first kappa shape index (κ1) is 12.3. The Labute approximate surface area is 105 Å². The van der Waals surface area contributed by atoms with E-state index in [4.69, 9.17) is 0 Å². The summed E-state index contributed by atoms with van der Waals surface area (Å²) in [4.78, 5) is 13.4. The first-order valence-electron chi connectivity index (χ1n) is 5.70. The van der Waals surface area contributed by atoms with Crippen molar-refractivity contribution in [1.82, 2.24) is 10.2 Å². The van der Waals surface area contributed by atoms with Gasteiger partial charge in [0.15, 0.2) is 18.4 Å². The summed E-state index contributed by atoms with van der Waals surface area (Å²) in [6.45, 7) is 2.20. The van der Waals surface area contributed by atoms with Gasteiger partial charge in [-0.25, -0.2) is 10.1 Å². The second-order valence-corrected chi connectivity index (χ2v) is 4.28. The molecule has 18 heavy (non-hydrogen) atoms. The molecule has 0 aromatic heterocycles. The average molecular weight is 250 g/mol. The van der Waals surface area contributed by atoms with Crippen molar-refractivity contribution in [2.45, 2.75) is 6.54 Å². The van der Waals surface area contributed by atoms with Gasteiger partial charge < -0.3 is 5.32 Å². The summed E-state index contributed by atoms with van der Waals surface area (Å²) in [6.07, 6.45) is 0. The molecule has 0 spiro atoms. The summed E-state index contributed by atoms with van der Waals surface area (Å²) in [6, 6.07) is 10.2. The van der Waals surface area contributed by atoms with Gasteiger partial charge in [0.05, 0.1) is 0 Å². The molecule has 0 amide bonds. The van der Waals surface area contributed by atoms with Crippen molar-refractivity contribution in [2.75, 3.05) is 20.4 Å². The summed E-state index contributed by atoms with van der Waals surface area (Å²) in [7, 11) is 1.79. The molecule has 7 heteroatoms. The molecular formula is C11H16N5O2+. The number of quaternary nitrogens is 1. The van der Waals surface area contributed by atoms with Gasteiger partial charge in [-0.2, -0.15) is 0 Å². The van der Waals surface area contributed by atoms with E-state index < -0.39 is 5.03 Å². The molecule has 2 rings (SSSR count). The highest BCUT2D eigenvalue weighted by molar-refractivity contribution is 5.79. The first-order chi connectivity index (χ1) is 8.65. The van der Waals surface area contributed by atoms with Gasteiger partial charge in [0.25, 0.3) is 5.96 Å². The van der Waals surface area contributed by atoms with Crippen LogP contribution in [0.2, 0.25) is 0 Å². The molecule has 1 saturated heterocycles. The Morgan fingerprint density at radius 2 is 2.22 bits per heavy atom. The van der Waals surface area contributed by atoms with Crippen LogP contribution < -0.4 is 10.2 Å². The number of benzene rings is 1. The molecule has 2 N–H and O–H groups in total. The number of hydrogen-bond acceptors (Lipinski definition) is 2. The topological polar surface area (TPSA) is 75.2 Å². The Hall–Kier alpha value is -2.15. The van der Waals surface area contributed by atoms with E-state index >= 15 is 0 Å². The number of hydrogen-bond donors (Lipinski definition) is 2. The van der Waals surface area contributed by atoms with Crippen molar-refractivity contribution < 1.29 is 9.93 Å². The van der Waals surface area contributed by atoms with E-state index in [1.807, 2.05) is 18.2 Å². The maximum absolute atomic E-state index is 10.3. The molecule has 1 heterocycles. The SMILES string of the molecule is CN1C[NH+](Cc2ccccc2)CNC1=N[N+](=O)[O-]. The predicted octanol–water partition coefficient (Wildman–Crippen LogP) is -0.931. The van der Waals surface area contributed by atoms with E-state index in [0.29, 0.717) is 19.3 Å². The summed E-state index contributed by atoms with van der Waals surface area (Å²) in [5, 5.41) is 15.9. The fourth-order valence-corrected chi connectivity index (χ4v) is 2.00. The van der Waals surface area contributed by atoms with Crippen LogP contribution in [0, 0.1) is 10.1 Å². The standard InChI is InChI=1S/C11H15N5O2/c1-14-9-15(7-10-5-3-2-4-6-10)8-12-11(14)13-16(17)18/h2-6H,7-9H2,1H3,(H,12,13)/p+1. The lowest BCUT2D eigenvalue weighted by molar-refractivity contribution is -0.927. The van der Waals surface area contributed by atoms with Crippen molar-refractivity contribution >= 4 is 5.96 Å². The van der Waals surface area contributed by atoms with Gasteiger partial charge in [-0.3, -0.25) is 9.80 Å². The Bertz CT molecular complexity index is 448. The van der Waals surface area contributed by atoms with Gasteiger partial charge in [-0.15, -0.1) is 0 Å². The Balaban J connectivity index is 1.94. The number of nitrogens with zero attached hydrogens (tertiary/aromatic N) is 3. The lowest BCUT2D eigenvalue weighted by Gasteiger charge is -2.31. The minimum absolute atomic E-state index is 0.316. The van der Waals surface area contributed by atoms with E-state index in [9.17, 15) is 10.1 Å². The van der Waals surface area contributed by atoms with Crippen LogP contribution in [0.15, 0.2) is 35.4 Å². The number of nitrogens with one attached hydrogen (secondary N) is 2. The molecular weight excluding hydrogens is 234 g/mol. The lowest BCUT2D eigenvalue weighted by Crippen LogP contribution is -3.15. The maximum atomic E-state index is 10.3. The van der Waals surface area contributed by atoms with Crippen LogP contribution in [0.3, 0.4) is 0 Å². The van der Waals surface area contributed by atoms with E-state index in [2.05, 4.69) is 22.6 Å². The summed E-state index contributed by atoms with van der Waals surface area (Å²) in [5.41, 5.74) is 1.25. The molecule has 1 aliphatic rings. The summed E-state index contributed by atoms with van der Waals surface area (Å²) in [5.74, 6) is 0.316. The molecule has 1 atom stereocenters. The third kappa shape index (κ3) is 3.17. The molecule has 7 nitrogen and oxygen atoms in total. The molecule has 1 aromatic rings. The average Bonchev–Trinajstić information content (AvgIpc) is 2.33. The maximum Gasteiger partial charge on any atom is 0.279 e. The van der Waals surface area contributed by atoms with Crippen LogP contribution in [0.4, 0.5) is 0 Å². The van der Waals surface area contributed by atoms with Gasteiger partial charge >= 0.3 is 0 Å². The van der Waals surface area contributed by atoms with E-state index in [1.165, 1.54) is 10.5 Å². The highest BCUT2D eigenvalue weighted by Crippen LogP contribution is 1.96. The highest BCUT2D eigenvalue weighted by Gasteiger charge is 2.24. The van der Waals surface area contributed by atoms with Crippen LogP contribution in [0.5, 0.6) is 0 Å². The molecule has 0 radical (unpaired) electrons. The van der Waals surface area contributed by atoms with E-state index in [0.717, 1.165) is 6.54 Å². The van der Waals surface area contributed by atoms with Crippen molar-refractivity contribution in [1.29, 1.82) is 0 Å². The van der Waals surface area contributed by atoms with Gasteiger partial charge in [-0.05, 0) is 0 Å². The monoisotopic (exact) mass is 250 g/mol. The molecule has 1 fully saturated rings. The molecule has 1 unspecified atom stereocenters. The minimum Gasteiger partial charge on any atom is -0.304 e. The van der Waals surface area contributed by atoms with Crippen LogP contribution >= 0.6 is 0 Å². The van der Waals surface area contributed by atoms with Gasteiger partial charge in [0, 0.05) is 12.6 Å². The zero-order chi connectivity index (χ0) is 13.0. The Morgan fingerprint density at radius 3 is 2.83 bits per heavy atom. The van der Waals surface area contributed by atoms with Crippen LogP contribution in [0.25, 0.3) is 0 Å². The predicted molar refractivity (Wildman–Crippen MR) is 66.2 cm³/mol. The second-order valence-electron chi connectivity index (χ2n) is 4.28. The quantitative estimate of drug-likeness (QED) is 0.537. The minimum atomic E-state index is -0.680. The normalized spacial score (nSPS) is 21.7.